The van der Waals surface area contributed by atoms with Crippen LogP contribution < -0.4 is 5.73 Å². The Labute approximate surface area is 103 Å². The first kappa shape index (κ1) is 15.9. The number of carboxylic acids is 1. The lowest BCUT2D eigenvalue weighted by Gasteiger charge is -2.39. The van der Waals surface area contributed by atoms with Gasteiger partial charge < -0.3 is 15.7 Å². The van der Waals surface area contributed by atoms with Crippen molar-refractivity contribution in [3.05, 3.63) is 0 Å². The summed E-state index contributed by atoms with van der Waals surface area (Å²) in [5, 5.41) is 8.85. The summed E-state index contributed by atoms with van der Waals surface area (Å²) in [7, 11) is 0. The second kappa shape index (κ2) is 5.04. The molecule has 0 rings (SSSR count). The van der Waals surface area contributed by atoms with Gasteiger partial charge in [0, 0.05) is 5.54 Å². The number of rotatable bonds is 3. The van der Waals surface area contributed by atoms with Gasteiger partial charge in [0.2, 0.25) is 5.91 Å². The van der Waals surface area contributed by atoms with E-state index in [9.17, 15) is 9.59 Å². The average molecular weight is 244 g/mol. The Morgan fingerprint density at radius 1 is 1.18 bits per heavy atom. The van der Waals surface area contributed by atoms with Crippen LogP contribution in [0.25, 0.3) is 0 Å². The molecule has 5 heteroatoms. The van der Waals surface area contributed by atoms with Crippen LogP contribution in [0.3, 0.4) is 0 Å². The van der Waals surface area contributed by atoms with E-state index in [-0.39, 0.29) is 17.9 Å². The highest BCUT2D eigenvalue weighted by Gasteiger charge is 2.36. The monoisotopic (exact) mass is 244 g/mol. The summed E-state index contributed by atoms with van der Waals surface area (Å²) >= 11 is 0. The molecule has 1 amide bonds. The van der Waals surface area contributed by atoms with E-state index in [0.717, 1.165) is 0 Å². The van der Waals surface area contributed by atoms with Crippen molar-refractivity contribution in [3.63, 3.8) is 0 Å². The summed E-state index contributed by atoms with van der Waals surface area (Å²) in [6, 6.07) is -0.707. The topological polar surface area (TPSA) is 83.6 Å². The van der Waals surface area contributed by atoms with Crippen molar-refractivity contribution in [1.82, 2.24) is 4.90 Å². The molecule has 0 saturated carbocycles. The maximum absolute atomic E-state index is 12.2. The van der Waals surface area contributed by atoms with Gasteiger partial charge >= 0.3 is 5.97 Å². The smallest absolute Gasteiger partial charge is 0.323 e. The molecule has 0 fully saturated rings. The van der Waals surface area contributed by atoms with Crippen LogP contribution in [0.15, 0.2) is 0 Å². The standard InChI is InChI=1S/C12H24N2O3/c1-11(2,3)9(13)10(17)14(7-8(15)16)12(4,5)6/h9H,7,13H2,1-6H3,(H,15,16). The van der Waals surface area contributed by atoms with Gasteiger partial charge in [0.25, 0.3) is 0 Å². The fourth-order valence-electron chi connectivity index (χ4n) is 1.32. The molecule has 1 unspecified atom stereocenters. The lowest BCUT2D eigenvalue weighted by atomic mass is 9.85. The van der Waals surface area contributed by atoms with E-state index < -0.39 is 17.6 Å². The van der Waals surface area contributed by atoms with Gasteiger partial charge in [-0.05, 0) is 26.2 Å². The number of carbonyl (C=O) groups excluding carboxylic acids is 1. The Hall–Kier alpha value is -1.10. The molecule has 5 nitrogen and oxygen atoms in total. The van der Waals surface area contributed by atoms with Crippen LogP contribution in [0.2, 0.25) is 0 Å². The number of carboxylic acid groups (broad SMARTS) is 1. The summed E-state index contributed by atoms with van der Waals surface area (Å²) in [6.45, 7) is 10.6. The van der Waals surface area contributed by atoms with Gasteiger partial charge in [-0.15, -0.1) is 0 Å². The maximum Gasteiger partial charge on any atom is 0.323 e. The third-order valence-electron chi connectivity index (χ3n) is 2.57. The SMILES string of the molecule is CC(C)(C)C(N)C(=O)N(CC(=O)O)C(C)(C)C. The van der Waals surface area contributed by atoms with Crippen LogP contribution in [0.4, 0.5) is 0 Å². The lowest BCUT2D eigenvalue weighted by molar-refractivity contribution is -0.150. The van der Waals surface area contributed by atoms with Gasteiger partial charge in [0.1, 0.15) is 6.54 Å². The second-order valence-electron chi connectivity index (χ2n) is 6.33. The number of amides is 1. The molecule has 0 heterocycles. The summed E-state index contributed by atoms with van der Waals surface area (Å²) in [6.07, 6.45) is 0. The zero-order chi connectivity index (χ0) is 14.0. The zero-order valence-corrected chi connectivity index (χ0v) is 11.6. The number of nitrogens with zero attached hydrogens (tertiary/aromatic N) is 1. The first-order chi connectivity index (χ1) is 7.37. The van der Waals surface area contributed by atoms with E-state index in [2.05, 4.69) is 0 Å². The Bertz CT molecular complexity index is 300. The van der Waals surface area contributed by atoms with Gasteiger partial charge in [-0.1, -0.05) is 20.8 Å². The highest BCUT2D eigenvalue weighted by Crippen LogP contribution is 2.22. The zero-order valence-electron chi connectivity index (χ0n) is 11.6. The van der Waals surface area contributed by atoms with Crippen LogP contribution in [-0.2, 0) is 9.59 Å². The highest BCUT2D eigenvalue weighted by atomic mass is 16.4. The largest absolute Gasteiger partial charge is 0.480 e. The van der Waals surface area contributed by atoms with Crippen LogP contribution in [-0.4, -0.2) is 40.0 Å². The molecule has 3 N–H and O–H groups in total. The van der Waals surface area contributed by atoms with Gasteiger partial charge in [0.05, 0.1) is 6.04 Å². The van der Waals surface area contributed by atoms with Crippen molar-refractivity contribution >= 4 is 11.9 Å². The minimum absolute atomic E-state index is 0.326. The van der Waals surface area contributed by atoms with Crippen molar-refractivity contribution in [2.24, 2.45) is 11.1 Å². The predicted octanol–water partition coefficient (Wildman–Crippen LogP) is 1.07. The highest BCUT2D eigenvalue weighted by molar-refractivity contribution is 5.86. The molecule has 0 aliphatic rings. The Kier molecular flexibility index (Phi) is 4.71. The predicted molar refractivity (Wildman–Crippen MR) is 66.5 cm³/mol. The third kappa shape index (κ3) is 4.73. The van der Waals surface area contributed by atoms with E-state index in [1.807, 2.05) is 20.8 Å². The number of aliphatic carboxylic acids is 1. The average Bonchev–Trinajstić information content (AvgIpc) is 2.08. The molecule has 0 aromatic heterocycles. The maximum atomic E-state index is 12.2. The number of hydrogen-bond acceptors (Lipinski definition) is 3. The summed E-state index contributed by atoms with van der Waals surface area (Å²) in [4.78, 5) is 24.3. The fourth-order valence-corrected chi connectivity index (χ4v) is 1.32. The number of nitrogens with two attached hydrogens (primary N) is 1. The van der Waals surface area contributed by atoms with Crippen molar-refractivity contribution in [3.8, 4) is 0 Å². The van der Waals surface area contributed by atoms with Crippen LogP contribution in [0, 0.1) is 5.41 Å². The van der Waals surface area contributed by atoms with Crippen LogP contribution >= 0.6 is 0 Å². The molecular formula is C12H24N2O3. The minimum atomic E-state index is -1.03. The van der Waals surface area contributed by atoms with Crippen molar-refractivity contribution in [2.75, 3.05) is 6.54 Å². The van der Waals surface area contributed by atoms with E-state index in [0.29, 0.717) is 0 Å². The molecule has 100 valence electrons. The van der Waals surface area contributed by atoms with E-state index in [1.54, 1.807) is 20.8 Å². The minimum Gasteiger partial charge on any atom is -0.480 e. The summed E-state index contributed by atoms with van der Waals surface area (Å²) in [5.41, 5.74) is 4.94. The second-order valence-corrected chi connectivity index (χ2v) is 6.33. The van der Waals surface area contributed by atoms with Crippen molar-refractivity contribution < 1.29 is 14.7 Å². The first-order valence-electron chi connectivity index (χ1n) is 5.66. The Morgan fingerprint density at radius 2 is 1.59 bits per heavy atom. The van der Waals surface area contributed by atoms with Gasteiger partial charge in [-0.25, -0.2) is 0 Å². The Balaban J connectivity index is 5.08. The normalized spacial score (nSPS) is 14.3. The van der Waals surface area contributed by atoms with Crippen LogP contribution in [0.1, 0.15) is 41.5 Å². The van der Waals surface area contributed by atoms with E-state index in [1.165, 1.54) is 4.90 Å². The van der Waals surface area contributed by atoms with Gasteiger partial charge in [0.15, 0.2) is 0 Å². The summed E-state index contributed by atoms with van der Waals surface area (Å²) in [5.74, 6) is -1.36. The van der Waals surface area contributed by atoms with Crippen LogP contribution in [0.5, 0.6) is 0 Å². The molecule has 17 heavy (non-hydrogen) atoms. The van der Waals surface area contributed by atoms with Gasteiger partial charge in [-0.3, -0.25) is 9.59 Å². The molecule has 0 aromatic carbocycles. The number of carbonyl (C=O) groups is 2. The van der Waals surface area contributed by atoms with Crippen molar-refractivity contribution in [1.29, 1.82) is 0 Å². The quantitative estimate of drug-likeness (QED) is 0.778. The first-order valence-corrected chi connectivity index (χ1v) is 5.66. The summed E-state index contributed by atoms with van der Waals surface area (Å²) < 4.78 is 0. The third-order valence-corrected chi connectivity index (χ3v) is 2.57. The molecule has 0 bridgehead atoms. The van der Waals surface area contributed by atoms with E-state index in [4.69, 9.17) is 10.8 Å². The molecule has 0 saturated heterocycles. The molecule has 1 atom stereocenters. The molecule has 0 radical (unpaired) electrons. The molecular weight excluding hydrogens is 220 g/mol. The Morgan fingerprint density at radius 3 is 1.82 bits per heavy atom. The van der Waals surface area contributed by atoms with Gasteiger partial charge in [-0.2, -0.15) is 0 Å². The molecule has 0 spiro atoms. The molecule has 0 aromatic rings. The molecule has 0 aliphatic carbocycles. The lowest BCUT2D eigenvalue weighted by Crippen LogP contribution is -2.57. The van der Waals surface area contributed by atoms with Crippen molar-refractivity contribution in [2.45, 2.75) is 53.1 Å². The van der Waals surface area contributed by atoms with E-state index >= 15 is 0 Å². The number of hydrogen-bond donors (Lipinski definition) is 2. The molecule has 0 aliphatic heterocycles. The fraction of sp³-hybridized carbons (Fsp3) is 0.833.